The van der Waals surface area contributed by atoms with Crippen molar-refractivity contribution in [2.75, 3.05) is 6.54 Å². The van der Waals surface area contributed by atoms with E-state index in [9.17, 15) is 22.8 Å². The van der Waals surface area contributed by atoms with Crippen LogP contribution in [-0.2, 0) is 24.4 Å². The number of hydrogen-bond donors (Lipinski definition) is 2. The van der Waals surface area contributed by atoms with Crippen LogP contribution in [0.1, 0.15) is 40.0 Å². The largest absolute Gasteiger partial charge is 0.369 e. The predicted molar refractivity (Wildman–Crippen MR) is 106 cm³/mol. The van der Waals surface area contributed by atoms with E-state index in [0.717, 1.165) is 4.31 Å². The number of primary amides is 1. The van der Waals surface area contributed by atoms with Crippen LogP contribution >= 0.6 is 0 Å². The highest BCUT2D eigenvalue weighted by Gasteiger charge is 2.37. The van der Waals surface area contributed by atoms with E-state index >= 15 is 0 Å². The summed E-state index contributed by atoms with van der Waals surface area (Å²) in [5.74, 6) is -1.42. The van der Waals surface area contributed by atoms with Crippen molar-refractivity contribution in [2.24, 2.45) is 11.1 Å². The summed E-state index contributed by atoms with van der Waals surface area (Å²) in [6, 6.07) is 3.33. The summed E-state index contributed by atoms with van der Waals surface area (Å²) in [7, 11) is -3.93. The Kier molecular flexibility index (Phi) is 7.12. The zero-order chi connectivity index (χ0) is 21.8. The van der Waals surface area contributed by atoms with Crippen molar-refractivity contribution in [3.8, 4) is 0 Å². The van der Waals surface area contributed by atoms with Gasteiger partial charge in [-0.3, -0.25) is 14.4 Å². The number of carbonyl (C=O) groups is 3. The quantitative estimate of drug-likeness (QED) is 0.651. The Balaban J connectivity index is 2.06. The molecule has 10 heteroatoms. The first-order valence-corrected chi connectivity index (χ1v) is 10.8. The Hall–Kier alpha value is -2.33. The zero-order valence-electron chi connectivity index (χ0n) is 16.8. The maximum Gasteiger partial charge on any atom is 0.261 e. The molecule has 1 aromatic rings. The second-order valence-electron chi connectivity index (χ2n) is 7.83. The van der Waals surface area contributed by atoms with Gasteiger partial charge in [0.15, 0.2) is 10.8 Å². The van der Waals surface area contributed by atoms with Gasteiger partial charge in [0.25, 0.3) is 10.0 Å². The first kappa shape index (κ1) is 23.0. The van der Waals surface area contributed by atoms with E-state index in [0.29, 0.717) is 12.8 Å². The minimum absolute atomic E-state index is 0.121. The maximum absolute atomic E-state index is 12.9. The van der Waals surface area contributed by atoms with Gasteiger partial charge in [0.2, 0.25) is 11.8 Å². The van der Waals surface area contributed by atoms with Crippen LogP contribution in [0.25, 0.3) is 0 Å². The molecule has 1 radical (unpaired) electrons. The number of nitrogens with one attached hydrogen (secondary N) is 1. The Morgan fingerprint density at radius 1 is 1.34 bits per heavy atom. The van der Waals surface area contributed by atoms with Crippen LogP contribution in [0.5, 0.6) is 0 Å². The molecule has 0 aliphatic carbocycles. The Morgan fingerprint density at radius 3 is 2.62 bits per heavy atom. The Labute approximate surface area is 171 Å². The minimum Gasteiger partial charge on any atom is -0.369 e. The number of carbonyl (C=O) groups excluding carboxylic acids is 3. The average molecular weight is 424 g/mol. The first-order valence-electron chi connectivity index (χ1n) is 9.34. The summed E-state index contributed by atoms with van der Waals surface area (Å²) in [4.78, 5) is 40.1. The van der Waals surface area contributed by atoms with Gasteiger partial charge in [-0.1, -0.05) is 19.9 Å². The Bertz CT molecular complexity index is 870. The highest BCUT2D eigenvalue weighted by atomic mass is 32.2. The molecule has 3 N–H and O–H groups in total. The van der Waals surface area contributed by atoms with E-state index in [1.54, 1.807) is 32.9 Å². The summed E-state index contributed by atoms with van der Waals surface area (Å²) >= 11 is 0. The molecule has 1 aliphatic rings. The van der Waals surface area contributed by atoms with Crippen LogP contribution in [0.3, 0.4) is 0 Å². The number of sulfonamides is 1. The molecule has 29 heavy (non-hydrogen) atoms. The molecule has 1 aromatic heterocycles. The molecule has 0 aromatic carbocycles. The second kappa shape index (κ2) is 9.00. The molecule has 159 valence electrons. The van der Waals surface area contributed by atoms with Crippen molar-refractivity contribution >= 4 is 27.6 Å². The first-order chi connectivity index (χ1) is 13.4. The minimum atomic E-state index is -3.93. The van der Waals surface area contributed by atoms with Crippen LogP contribution in [0.2, 0.25) is 0 Å². The van der Waals surface area contributed by atoms with E-state index in [1.165, 1.54) is 18.7 Å². The predicted octanol–water partition coefficient (Wildman–Crippen LogP) is 0.414. The van der Waals surface area contributed by atoms with Gasteiger partial charge in [0.1, 0.15) is 0 Å². The third-order valence-corrected chi connectivity index (χ3v) is 6.93. The fraction of sp³-hybridized carbons (Fsp3) is 0.526. The topological polar surface area (TPSA) is 140 Å². The van der Waals surface area contributed by atoms with Gasteiger partial charge in [0, 0.05) is 17.7 Å². The third-order valence-electron chi connectivity index (χ3n) is 5.06. The molecule has 0 bridgehead atoms. The van der Waals surface area contributed by atoms with Crippen molar-refractivity contribution in [2.45, 2.75) is 57.1 Å². The second-order valence-corrected chi connectivity index (χ2v) is 9.67. The molecule has 0 saturated carbocycles. The van der Waals surface area contributed by atoms with E-state index in [4.69, 9.17) is 5.73 Å². The summed E-state index contributed by atoms with van der Waals surface area (Å²) in [5, 5.41) is 2.50. The summed E-state index contributed by atoms with van der Waals surface area (Å²) in [5.41, 5.74) is 4.41. The average Bonchev–Trinajstić information content (AvgIpc) is 2.81. The molecular weight excluding hydrogens is 396 g/mol. The molecule has 0 spiro atoms. The molecule has 1 aliphatic heterocycles. The molecule has 2 amide bonds. The van der Waals surface area contributed by atoms with Crippen molar-refractivity contribution in [1.82, 2.24) is 14.6 Å². The lowest BCUT2D eigenvalue weighted by Crippen LogP contribution is -2.45. The molecule has 1 fully saturated rings. The summed E-state index contributed by atoms with van der Waals surface area (Å²) in [6.45, 7) is 4.62. The lowest BCUT2D eigenvalue weighted by molar-refractivity contribution is -0.127. The lowest BCUT2D eigenvalue weighted by atomic mass is 9.87. The maximum atomic E-state index is 12.9. The van der Waals surface area contributed by atoms with Crippen LogP contribution in [-0.4, -0.2) is 53.9 Å². The number of ketones is 1. The highest BCUT2D eigenvalue weighted by molar-refractivity contribution is 7.89. The van der Waals surface area contributed by atoms with Crippen molar-refractivity contribution in [1.29, 1.82) is 0 Å². The molecule has 2 atom stereocenters. The molecule has 9 nitrogen and oxygen atoms in total. The lowest BCUT2D eigenvalue weighted by Gasteiger charge is -2.24. The van der Waals surface area contributed by atoms with Crippen LogP contribution < -0.4 is 11.1 Å². The van der Waals surface area contributed by atoms with Gasteiger partial charge >= 0.3 is 0 Å². The van der Waals surface area contributed by atoms with Crippen LogP contribution in [0, 0.1) is 11.8 Å². The number of hydrogen-bond acceptors (Lipinski definition) is 6. The number of pyridine rings is 1. The molecule has 1 saturated heterocycles. The Morgan fingerprint density at radius 2 is 2.03 bits per heavy atom. The van der Waals surface area contributed by atoms with Crippen molar-refractivity contribution in [3.05, 3.63) is 30.8 Å². The zero-order valence-corrected chi connectivity index (χ0v) is 17.6. The van der Waals surface area contributed by atoms with E-state index < -0.39 is 45.1 Å². The number of aromatic nitrogens is 1. The monoisotopic (exact) mass is 423 g/mol. The van der Waals surface area contributed by atoms with Crippen molar-refractivity contribution < 1.29 is 22.8 Å². The normalized spacial score (nSPS) is 21.4. The third kappa shape index (κ3) is 5.60. The number of rotatable bonds is 7. The number of nitrogens with zero attached hydrogens (tertiary/aromatic N) is 2. The van der Waals surface area contributed by atoms with Gasteiger partial charge in [-0.25, -0.2) is 13.4 Å². The fourth-order valence-electron chi connectivity index (χ4n) is 2.91. The van der Waals surface area contributed by atoms with Crippen molar-refractivity contribution in [3.63, 3.8) is 0 Å². The van der Waals surface area contributed by atoms with Crippen LogP contribution in [0.15, 0.2) is 29.4 Å². The summed E-state index contributed by atoms with van der Waals surface area (Å²) < 4.78 is 26.9. The van der Waals surface area contributed by atoms with Gasteiger partial charge in [-0.05, 0) is 38.3 Å². The van der Waals surface area contributed by atoms with E-state index in [-0.39, 0.29) is 18.0 Å². The fourth-order valence-corrected chi connectivity index (χ4v) is 4.47. The SMILES string of the molecule is C[C@@H]1CC[C@H](NC(=O)[CH]CC(C)(C)C(N)=O)C(=O)CN1S(=O)(=O)c1ccccn1. The highest BCUT2D eigenvalue weighted by Crippen LogP contribution is 2.23. The molecular formula is C19H27N4O5S. The molecule has 0 unspecified atom stereocenters. The van der Waals surface area contributed by atoms with E-state index in [2.05, 4.69) is 10.3 Å². The summed E-state index contributed by atoms with van der Waals surface area (Å²) in [6.07, 6.45) is 3.51. The number of nitrogens with two attached hydrogens (primary N) is 1. The molecule has 2 rings (SSSR count). The van der Waals surface area contributed by atoms with Gasteiger partial charge in [-0.2, -0.15) is 4.31 Å². The number of amides is 2. The van der Waals surface area contributed by atoms with Crippen LogP contribution in [0.4, 0.5) is 0 Å². The standard InChI is InChI=1S/C19H27N4O5S/c1-13-7-8-14(22-16(25)9-10-19(2,3)18(20)26)15(24)12-23(13)29(27,28)17-6-4-5-11-21-17/h4-6,9,11,13-14H,7-8,10,12H2,1-3H3,(H2,20,26)(H,22,25)/t13-,14+/m1/s1. The van der Waals surface area contributed by atoms with E-state index in [1.807, 2.05) is 0 Å². The number of Topliss-reactive ketones (excluding diaryl/α,β-unsaturated/α-hetero) is 1. The van der Waals surface area contributed by atoms with Gasteiger partial charge in [0.05, 0.1) is 19.0 Å². The smallest absolute Gasteiger partial charge is 0.261 e. The van der Waals surface area contributed by atoms with Gasteiger partial charge in [-0.15, -0.1) is 0 Å². The van der Waals surface area contributed by atoms with Gasteiger partial charge < -0.3 is 11.1 Å². The molecule has 2 heterocycles.